The Kier molecular flexibility index (Phi) is 1.87. The summed E-state index contributed by atoms with van der Waals surface area (Å²) in [6, 6.07) is 0.596. The molecule has 2 aliphatic heterocycles. The second-order valence-corrected chi connectivity index (χ2v) is 3.44. The average molecular weight is 157 g/mol. The predicted octanol–water partition coefficient (Wildman–Crippen LogP) is 0.452. The Morgan fingerprint density at radius 2 is 2.27 bits per heavy atom. The standard InChI is InChI=1S/C8H15NO2/c1-9-6-3-7(10-2)4-8(9)11-5-6/h6-8H,3-5H2,1-2H3. The van der Waals surface area contributed by atoms with Crippen molar-refractivity contribution in [3.05, 3.63) is 0 Å². The number of hydrogen-bond acceptors (Lipinski definition) is 3. The summed E-state index contributed by atoms with van der Waals surface area (Å²) in [7, 11) is 3.92. The zero-order chi connectivity index (χ0) is 7.84. The highest BCUT2D eigenvalue weighted by molar-refractivity contribution is 4.88. The summed E-state index contributed by atoms with van der Waals surface area (Å²) in [4.78, 5) is 2.32. The van der Waals surface area contributed by atoms with E-state index in [2.05, 4.69) is 11.9 Å². The molecule has 11 heavy (non-hydrogen) atoms. The molecule has 0 spiro atoms. The molecular weight excluding hydrogens is 142 g/mol. The Balaban J connectivity index is 2.02. The van der Waals surface area contributed by atoms with Crippen LogP contribution < -0.4 is 0 Å². The van der Waals surface area contributed by atoms with Crippen molar-refractivity contribution in [3.63, 3.8) is 0 Å². The van der Waals surface area contributed by atoms with Crippen molar-refractivity contribution in [2.24, 2.45) is 0 Å². The first-order valence-corrected chi connectivity index (χ1v) is 4.17. The zero-order valence-electron chi connectivity index (χ0n) is 7.12. The molecule has 2 heterocycles. The van der Waals surface area contributed by atoms with Crippen LogP contribution in [0.15, 0.2) is 0 Å². The number of hydrogen-bond donors (Lipinski definition) is 0. The van der Waals surface area contributed by atoms with Gasteiger partial charge in [0.15, 0.2) is 0 Å². The third kappa shape index (κ3) is 1.17. The quantitative estimate of drug-likeness (QED) is 0.551. The fraction of sp³-hybridized carbons (Fsp3) is 1.00. The van der Waals surface area contributed by atoms with Gasteiger partial charge in [0.2, 0.25) is 0 Å². The van der Waals surface area contributed by atoms with Crippen molar-refractivity contribution in [1.82, 2.24) is 4.90 Å². The van der Waals surface area contributed by atoms with Gasteiger partial charge in [0.1, 0.15) is 6.23 Å². The van der Waals surface area contributed by atoms with Crippen LogP contribution >= 0.6 is 0 Å². The minimum atomic E-state index is 0.318. The van der Waals surface area contributed by atoms with E-state index < -0.39 is 0 Å². The lowest BCUT2D eigenvalue weighted by Gasteiger charge is -2.33. The van der Waals surface area contributed by atoms with E-state index in [4.69, 9.17) is 9.47 Å². The van der Waals surface area contributed by atoms with Crippen molar-refractivity contribution < 1.29 is 9.47 Å². The van der Waals surface area contributed by atoms with Crippen LogP contribution in [0.25, 0.3) is 0 Å². The highest BCUT2D eigenvalue weighted by Crippen LogP contribution is 2.29. The third-order valence-corrected chi connectivity index (χ3v) is 2.84. The largest absolute Gasteiger partial charge is 0.381 e. The highest BCUT2D eigenvalue weighted by Gasteiger charge is 2.39. The molecule has 2 rings (SSSR count). The number of ether oxygens (including phenoxy) is 2. The third-order valence-electron chi connectivity index (χ3n) is 2.84. The van der Waals surface area contributed by atoms with Crippen LogP contribution in [0.1, 0.15) is 12.8 Å². The second-order valence-electron chi connectivity index (χ2n) is 3.44. The van der Waals surface area contributed by atoms with E-state index in [1.807, 2.05) is 0 Å². The molecule has 2 bridgehead atoms. The van der Waals surface area contributed by atoms with E-state index >= 15 is 0 Å². The fourth-order valence-electron chi connectivity index (χ4n) is 1.98. The van der Waals surface area contributed by atoms with Crippen molar-refractivity contribution in [3.8, 4) is 0 Å². The number of rotatable bonds is 1. The SMILES string of the molecule is COC1CC2COC(C1)N2C. The Bertz CT molecular complexity index is 137. The van der Waals surface area contributed by atoms with Gasteiger partial charge in [-0.2, -0.15) is 0 Å². The number of likely N-dealkylation sites (N-methyl/N-ethyl adjacent to an activating group) is 1. The minimum Gasteiger partial charge on any atom is -0.381 e. The van der Waals surface area contributed by atoms with E-state index in [1.54, 1.807) is 7.11 Å². The summed E-state index contributed by atoms with van der Waals surface area (Å²) in [5, 5.41) is 0. The number of piperidine rings is 1. The Morgan fingerprint density at radius 3 is 2.91 bits per heavy atom. The first kappa shape index (κ1) is 7.53. The maximum atomic E-state index is 5.57. The van der Waals surface area contributed by atoms with Crippen LogP contribution in [-0.2, 0) is 9.47 Å². The highest BCUT2D eigenvalue weighted by atomic mass is 16.5. The summed E-state index contributed by atoms with van der Waals surface area (Å²) in [6.45, 7) is 0.890. The van der Waals surface area contributed by atoms with Gasteiger partial charge in [0, 0.05) is 19.6 Å². The van der Waals surface area contributed by atoms with Crippen molar-refractivity contribution >= 4 is 0 Å². The van der Waals surface area contributed by atoms with Gasteiger partial charge in [0.05, 0.1) is 12.7 Å². The van der Waals surface area contributed by atoms with Gasteiger partial charge in [-0.1, -0.05) is 0 Å². The molecular formula is C8H15NO2. The summed E-state index contributed by atoms with van der Waals surface area (Å²) in [5.74, 6) is 0. The molecule has 3 unspecified atom stereocenters. The molecule has 0 N–H and O–H groups in total. The van der Waals surface area contributed by atoms with Crippen molar-refractivity contribution in [2.75, 3.05) is 20.8 Å². The summed E-state index contributed by atoms with van der Waals surface area (Å²) in [5.41, 5.74) is 0. The number of nitrogens with zero attached hydrogens (tertiary/aromatic N) is 1. The minimum absolute atomic E-state index is 0.318. The molecule has 0 aliphatic carbocycles. The smallest absolute Gasteiger partial charge is 0.113 e. The van der Waals surface area contributed by atoms with Gasteiger partial charge >= 0.3 is 0 Å². The van der Waals surface area contributed by atoms with Crippen LogP contribution in [0.5, 0.6) is 0 Å². The number of methoxy groups -OCH3 is 1. The van der Waals surface area contributed by atoms with Gasteiger partial charge in [-0.05, 0) is 13.5 Å². The summed E-state index contributed by atoms with van der Waals surface area (Å²) < 4.78 is 10.9. The van der Waals surface area contributed by atoms with Crippen molar-refractivity contribution in [1.29, 1.82) is 0 Å². The monoisotopic (exact) mass is 157 g/mol. The normalized spacial score (nSPS) is 44.7. The maximum Gasteiger partial charge on any atom is 0.113 e. The molecule has 3 heteroatoms. The molecule has 0 aromatic heterocycles. The summed E-state index contributed by atoms with van der Waals surface area (Å²) >= 11 is 0. The molecule has 2 fully saturated rings. The van der Waals surface area contributed by atoms with E-state index in [0.29, 0.717) is 18.4 Å². The van der Waals surface area contributed by atoms with Gasteiger partial charge in [-0.25, -0.2) is 0 Å². The lowest BCUT2D eigenvalue weighted by Crippen LogP contribution is -2.43. The van der Waals surface area contributed by atoms with Crippen LogP contribution in [0, 0.1) is 0 Å². The first-order chi connectivity index (χ1) is 5.31. The lowest BCUT2D eigenvalue weighted by atomic mass is 10.0. The van der Waals surface area contributed by atoms with E-state index in [1.165, 1.54) is 0 Å². The molecule has 0 aromatic rings. The Labute approximate surface area is 67.3 Å². The summed E-state index contributed by atoms with van der Waals surface area (Å²) in [6.07, 6.45) is 2.90. The number of fused-ring (bicyclic) bond motifs is 2. The Hall–Kier alpha value is -0.120. The Morgan fingerprint density at radius 1 is 1.45 bits per heavy atom. The van der Waals surface area contributed by atoms with Gasteiger partial charge < -0.3 is 9.47 Å². The molecule has 0 aromatic carbocycles. The van der Waals surface area contributed by atoms with Crippen LogP contribution in [0.3, 0.4) is 0 Å². The topological polar surface area (TPSA) is 21.7 Å². The van der Waals surface area contributed by atoms with Crippen LogP contribution in [0.4, 0.5) is 0 Å². The van der Waals surface area contributed by atoms with Gasteiger partial charge in [-0.3, -0.25) is 4.90 Å². The molecule has 3 nitrogen and oxygen atoms in total. The predicted molar refractivity (Wildman–Crippen MR) is 41.3 cm³/mol. The van der Waals surface area contributed by atoms with E-state index in [0.717, 1.165) is 19.4 Å². The molecule has 2 saturated heterocycles. The van der Waals surface area contributed by atoms with Crippen molar-refractivity contribution in [2.45, 2.75) is 31.2 Å². The molecule has 0 saturated carbocycles. The molecule has 2 aliphatic rings. The van der Waals surface area contributed by atoms with Gasteiger partial charge in [-0.15, -0.1) is 0 Å². The molecule has 0 radical (unpaired) electrons. The maximum absolute atomic E-state index is 5.57. The second kappa shape index (κ2) is 2.73. The lowest BCUT2D eigenvalue weighted by molar-refractivity contribution is -0.0374. The first-order valence-electron chi connectivity index (χ1n) is 4.17. The zero-order valence-corrected chi connectivity index (χ0v) is 7.12. The molecule has 0 amide bonds. The van der Waals surface area contributed by atoms with Gasteiger partial charge in [0.25, 0.3) is 0 Å². The average Bonchev–Trinajstić information content (AvgIpc) is 2.26. The van der Waals surface area contributed by atoms with Crippen LogP contribution in [0.2, 0.25) is 0 Å². The molecule has 3 atom stereocenters. The fourth-order valence-corrected chi connectivity index (χ4v) is 1.98. The van der Waals surface area contributed by atoms with E-state index in [-0.39, 0.29) is 0 Å². The van der Waals surface area contributed by atoms with Crippen LogP contribution in [-0.4, -0.2) is 44.0 Å². The molecule has 64 valence electrons. The van der Waals surface area contributed by atoms with E-state index in [9.17, 15) is 0 Å².